The first-order valence-electron chi connectivity index (χ1n) is 9.95. The number of nitrogens with zero attached hydrogens (tertiary/aromatic N) is 2. The van der Waals surface area contributed by atoms with Crippen molar-refractivity contribution in [2.24, 2.45) is 0 Å². The van der Waals surface area contributed by atoms with E-state index >= 15 is 0 Å². The molecule has 164 valence electrons. The van der Waals surface area contributed by atoms with Crippen molar-refractivity contribution < 1.29 is 19.4 Å². The van der Waals surface area contributed by atoms with Crippen LogP contribution in [0.4, 0.5) is 5.69 Å². The van der Waals surface area contributed by atoms with Crippen molar-refractivity contribution in [2.75, 3.05) is 19.5 Å². The fourth-order valence-corrected chi connectivity index (χ4v) is 4.37. The number of aromatic carboxylic acids is 1. The maximum atomic E-state index is 12.1. The van der Waals surface area contributed by atoms with Gasteiger partial charge in [0.25, 0.3) is 0 Å². The maximum absolute atomic E-state index is 12.1. The van der Waals surface area contributed by atoms with Crippen LogP contribution in [0.3, 0.4) is 0 Å². The topological polar surface area (TPSA) is 93.6 Å². The van der Waals surface area contributed by atoms with Crippen molar-refractivity contribution in [1.82, 2.24) is 9.97 Å². The summed E-state index contributed by atoms with van der Waals surface area (Å²) in [7, 11) is 3.20. The Kier molecular flexibility index (Phi) is 5.96. The van der Waals surface area contributed by atoms with E-state index in [-0.39, 0.29) is 5.56 Å². The van der Waals surface area contributed by atoms with Gasteiger partial charge in [-0.25, -0.2) is 14.8 Å². The molecule has 4 aromatic rings. The van der Waals surface area contributed by atoms with E-state index in [0.29, 0.717) is 35.0 Å². The molecule has 2 N–H and O–H groups in total. The molecule has 2 aromatic carbocycles. The summed E-state index contributed by atoms with van der Waals surface area (Å²) in [5.41, 5.74) is 4.08. The molecule has 0 saturated carbocycles. The third-order valence-corrected chi connectivity index (χ3v) is 6.32. The fraction of sp³-hybridized carbons (Fsp3) is 0.208. The molecule has 32 heavy (non-hydrogen) atoms. The number of rotatable bonds is 7. The third-order valence-electron chi connectivity index (χ3n) is 5.49. The quantitative estimate of drug-likeness (QED) is 0.395. The minimum atomic E-state index is -0.998. The molecule has 0 saturated heterocycles. The predicted octanol–water partition coefficient (Wildman–Crippen LogP) is 5.30. The molecule has 0 bridgehead atoms. The summed E-state index contributed by atoms with van der Waals surface area (Å²) < 4.78 is 10.7. The summed E-state index contributed by atoms with van der Waals surface area (Å²) in [4.78, 5) is 22.0. The summed E-state index contributed by atoms with van der Waals surface area (Å²) in [5, 5.41) is 16.2. The Hall–Kier alpha value is -3.65. The minimum absolute atomic E-state index is 0.218. The van der Waals surface area contributed by atoms with Gasteiger partial charge in [-0.15, -0.1) is 11.3 Å². The molecule has 7 nitrogen and oxygen atoms in total. The number of carbonyl (C=O) groups is 1. The number of fused-ring (bicyclic) bond motifs is 1. The lowest BCUT2D eigenvalue weighted by molar-refractivity contribution is 0.0697. The van der Waals surface area contributed by atoms with Gasteiger partial charge in [0.15, 0.2) is 17.3 Å². The SMILES string of the molecule is COc1ccc(CNc2cc(-c3ncc4ccsc4n3)c(C(=O)O)c(C)c2C)cc1OC. The second kappa shape index (κ2) is 8.84. The number of hydrogen-bond donors (Lipinski definition) is 2. The van der Waals surface area contributed by atoms with E-state index in [0.717, 1.165) is 27.0 Å². The Morgan fingerprint density at radius 1 is 1.09 bits per heavy atom. The largest absolute Gasteiger partial charge is 0.493 e. The van der Waals surface area contributed by atoms with Gasteiger partial charge in [0, 0.05) is 29.4 Å². The first-order chi connectivity index (χ1) is 15.4. The summed E-state index contributed by atoms with van der Waals surface area (Å²) in [6, 6.07) is 9.49. The molecular weight excluding hydrogens is 426 g/mol. The number of carboxylic acid groups (broad SMARTS) is 1. The van der Waals surface area contributed by atoms with Crippen molar-refractivity contribution in [1.29, 1.82) is 0 Å². The fourth-order valence-electron chi connectivity index (χ4n) is 3.63. The summed E-state index contributed by atoms with van der Waals surface area (Å²) in [6.45, 7) is 4.25. The molecule has 0 atom stereocenters. The molecule has 0 aliphatic heterocycles. The average molecular weight is 450 g/mol. The first kappa shape index (κ1) is 21.6. The number of methoxy groups -OCH3 is 2. The Bertz CT molecular complexity index is 1320. The van der Waals surface area contributed by atoms with E-state index in [4.69, 9.17) is 9.47 Å². The van der Waals surface area contributed by atoms with Crippen LogP contribution in [0.15, 0.2) is 41.9 Å². The van der Waals surface area contributed by atoms with E-state index in [1.807, 2.05) is 49.6 Å². The van der Waals surface area contributed by atoms with Crippen molar-refractivity contribution in [3.8, 4) is 22.9 Å². The molecule has 0 fully saturated rings. The van der Waals surface area contributed by atoms with Gasteiger partial charge in [-0.2, -0.15) is 0 Å². The second-order valence-electron chi connectivity index (χ2n) is 7.32. The van der Waals surface area contributed by atoms with E-state index in [2.05, 4.69) is 15.3 Å². The number of hydrogen-bond acceptors (Lipinski definition) is 7. The highest BCUT2D eigenvalue weighted by atomic mass is 32.1. The Morgan fingerprint density at radius 2 is 1.88 bits per heavy atom. The third kappa shape index (κ3) is 3.97. The van der Waals surface area contributed by atoms with Crippen molar-refractivity contribution in [2.45, 2.75) is 20.4 Å². The molecule has 4 rings (SSSR count). The zero-order valence-electron chi connectivity index (χ0n) is 18.2. The van der Waals surface area contributed by atoms with Gasteiger partial charge in [0.2, 0.25) is 0 Å². The molecule has 0 radical (unpaired) electrons. The number of ether oxygens (including phenoxy) is 2. The Labute approximate surface area is 189 Å². The van der Waals surface area contributed by atoms with E-state index in [1.54, 1.807) is 20.4 Å². The normalized spacial score (nSPS) is 10.9. The molecule has 0 aliphatic carbocycles. The van der Waals surface area contributed by atoms with Crippen LogP contribution in [0, 0.1) is 13.8 Å². The van der Waals surface area contributed by atoms with Crippen LogP contribution in [0.25, 0.3) is 21.6 Å². The Morgan fingerprint density at radius 3 is 2.59 bits per heavy atom. The van der Waals surface area contributed by atoms with Crippen LogP contribution in [0.5, 0.6) is 11.5 Å². The van der Waals surface area contributed by atoms with Crippen molar-refractivity contribution >= 4 is 33.2 Å². The second-order valence-corrected chi connectivity index (χ2v) is 8.21. The summed E-state index contributed by atoms with van der Waals surface area (Å²) in [5.74, 6) is 0.716. The van der Waals surface area contributed by atoms with E-state index in [9.17, 15) is 9.90 Å². The number of nitrogens with one attached hydrogen (secondary N) is 1. The lowest BCUT2D eigenvalue weighted by Gasteiger charge is -2.17. The standard InChI is InChI=1S/C24H23N3O4S/c1-13-14(2)21(24(28)29)17(22-26-12-16-7-8-32-23(16)27-22)10-18(13)25-11-15-5-6-19(30-3)20(9-15)31-4/h5-10,12,25H,11H2,1-4H3,(H,28,29). The van der Waals surface area contributed by atoms with Crippen LogP contribution in [-0.2, 0) is 6.54 Å². The van der Waals surface area contributed by atoms with Crippen LogP contribution >= 0.6 is 11.3 Å². The molecule has 0 aliphatic rings. The Balaban J connectivity index is 1.74. The first-order valence-corrected chi connectivity index (χ1v) is 10.8. The smallest absolute Gasteiger partial charge is 0.336 e. The number of thiophene rings is 1. The van der Waals surface area contributed by atoms with Gasteiger partial charge < -0.3 is 19.9 Å². The van der Waals surface area contributed by atoms with Crippen LogP contribution in [-0.4, -0.2) is 35.3 Å². The molecule has 2 heterocycles. The van der Waals surface area contributed by atoms with Gasteiger partial charge in [-0.3, -0.25) is 0 Å². The highest BCUT2D eigenvalue weighted by Crippen LogP contribution is 2.34. The van der Waals surface area contributed by atoms with Crippen LogP contribution in [0.1, 0.15) is 27.0 Å². The van der Waals surface area contributed by atoms with Crippen LogP contribution < -0.4 is 14.8 Å². The number of anilines is 1. The summed E-state index contributed by atoms with van der Waals surface area (Å²) in [6.07, 6.45) is 1.73. The predicted molar refractivity (Wildman–Crippen MR) is 126 cm³/mol. The van der Waals surface area contributed by atoms with Gasteiger partial charge >= 0.3 is 5.97 Å². The number of benzene rings is 2. The number of carboxylic acids is 1. The van der Waals surface area contributed by atoms with Gasteiger partial charge in [-0.1, -0.05) is 6.07 Å². The van der Waals surface area contributed by atoms with Crippen molar-refractivity contribution in [3.63, 3.8) is 0 Å². The van der Waals surface area contributed by atoms with Crippen molar-refractivity contribution in [3.05, 3.63) is 64.2 Å². The number of aromatic nitrogens is 2. The summed E-state index contributed by atoms with van der Waals surface area (Å²) >= 11 is 1.50. The zero-order chi connectivity index (χ0) is 22.8. The molecular formula is C24H23N3O4S. The monoisotopic (exact) mass is 449 g/mol. The lowest BCUT2D eigenvalue weighted by atomic mass is 9.95. The molecule has 0 amide bonds. The van der Waals surface area contributed by atoms with E-state index < -0.39 is 5.97 Å². The lowest BCUT2D eigenvalue weighted by Crippen LogP contribution is -2.10. The molecule has 0 spiro atoms. The van der Waals surface area contributed by atoms with Gasteiger partial charge in [0.1, 0.15) is 4.83 Å². The van der Waals surface area contributed by atoms with E-state index in [1.165, 1.54) is 11.3 Å². The molecule has 8 heteroatoms. The maximum Gasteiger partial charge on any atom is 0.336 e. The highest BCUT2D eigenvalue weighted by molar-refractivity contribution is 7.16. The van der Waals surface area contributed by atoms with Crippen LogP contribution in [0.2, 0.25) is 0 Å². The molecule has 0 unspecified atom stereocenters. The zero-order valence-corrected chi connectivity index (χ0v) is 19.0. The molecule has 2 aromatic heterocycles. The average Bonchev–Trinajstić information content (AvgIpc) is 3.27. The van der Waals surface area contributed by atoms with Gasteiger partial charge in [0.05, 0.1) is 19.8 Å². The van der Waals surface area contributed by atoms with Gasteiger partial charge in [-0.05, 0) is 60.2 Å². The highest BCUT2D eigenvalue weighted by Gasteiger charge is 2.21. The minimum Gasteiger partial charge on any atom is -0.493 e.